The lowest BCUT2D eigenvalue weighted by Gasteiger charge is -2.06. The Kier molecular flexibility index (Phi) is 1.96. The molecule has 1 aliphatic rings. The maximum Gasteiger partial charge on any atom is 0.263 e. The smallest absolute Gasteiger partial charge is 0.263 e. The van der Waals surface area contributed by atoms with Gasteiger partial charge in [-0.2, -0.15) is 0 Å². The third-order valence-electron chi connectivity index (χ3n) is 3.04. The highest BCUT2D eigenvalue weighted by atomic mass is 16.1. The van der Waals surface area contributed by atoms with Crippen LogP contribution < -0.4 is 11.3 Å². The van der Waals surface area contributed by atoms with E-state index >= 15 is 0 Å². The molecule has 0 atom stereocenters. The Bertz CT molecular complexity index is 599. The van der Waals surface area contributed by atoms with E-state index in [1.54, 1.807) is 17.0 Å². The molecule has 1 fully saturated rings. The van der Waals surface area contributed by atoms with Crippen LogP contribution in [0.1, 0.15) is 12.8 Å². The van der Waals surface area contributed by atoms with Gasteiger partial charge in [-0.15, -0.1) is 0 Å². The second kappa shape index (κ2) is 3.33. The van der Waals surface area contributed by atoms with E-state index in [-0.39, 0.29) is 5.56 Å². The van der Waals surface area contributed by atoms with Crippen LogP contribution in [0.2, 0.25) is 0 Å². The van der Waals surface area contributed by atoms with E-state index in [4.69, 9.17) is 5.73 Å². The topological polar surface area (TPSA) is 60.9 Å². The molecule has 1 aromatic heterocycles. The summed E-state index contributed by atoms with van der Waals surface area (Å²) in [5.74, 6) is 0.655. The number of hydrogen-bond donors (Lipinski definition) is 1. The van der Waals surface area contributed by atoms with E-state index in [0.717, 1.165) is 6.54 Å². The Labute approximate surface area is 92.7 Å². The molecule has 1 aromatic carbocycles. The first-order valence-corrected chi connectivity index (χ1v) is 5.49. The molecule has 3 rings (SSSR count). The van der Waals surface area contributed by atoms with Gasteiger partial charge in [0, 0.05) is 12.2 Å². The van der Waals surface area contributed by atoms with Crippen LogP contribution in [0, 0.1) is 5.92 Å². The van der Waals surface area contributed by atoms with Gasteiger partial charge < -0.3 is 5.73 Å². The van der Waals surface area contributed by atoms with Crippen molar-refractivity contribution in [1.82, 2.24) is 9.55 Å². The lowest BCUT2D eigenvalue weighted by atomic mass is 10.2. The number of nitrogens with two attached hydrogens (primary N) is 1. The van der Waals surface area contributed by atoms with Gasteiger partial charge in [0.1, 0.15) is 0 Å². The number of rotatable bonds is 2. The monoisotopic (exact) mass is 215 g/mol. The van der Waals surface area contributed by atoms with Gasteiger partial charge >= 0.3 is 0 Å². The van der Waals surface area contributed by atoms with Crippen molar-refractivity contribution in [1.29, 1.82) is 0 Å². The predicted octanol–water partition coefficient (Wildman–Crippen LogP) is 1.39. The molecule has 1 saturated carbocycles. The minimum absolute atomic E-state index is 0.0185. The van der Waals surface area contributed by atoms with Crippen LogP contribution in [0.15, 0.2) is 29.3 Å². The summed E-state index contributed by atoms with van der Waals surface area (Å²) >= 11 is 0. The van der Waals surface area contributed by atoms with Crippen molar-refractivity contribution < 1.29 is 0 Å². The summed E-state index contributed by atoms with van der Waals surface area (Å²) < 4.78 is 1.68. The van der Waals surface area contributed by atoms with E-state index < -0.39 is 0 Å². The largest absolute Gasteiger partial charge is 0.398 e. The van der Waals surface area contributed by atoms with E-state index in [1.165, 1.54) is 12.8 Å². The second-order valence-electron chi connectivity index (χ2n) is 4.39. The van der Waals surface area contributed by atoms with Crippen LogP contribution in [-0.2, 0) is 6.54 Å². The van der Waals surface area contributed by atoms with Crippen molar-refractivity contribution in [3.63, 3.8) is 0 Å². The summed E-state index contributed by atoms with van der Waals surface area (Å²) in [5.41, 5.74) is 6.99. The standard InChI is InChI=1S/C12H13N3O/c13-9-2-1-3-10-11(9)12(16)15(7-14-10)6-8-4-5-8/h1-3,7-8H,4-6,13H2. The fourth-order valence-corrected chi connectivity index (χ4v) is 1.93. The van der Waals surface area contributed by atoms with Crippen molar-refractivity contribution in [2.75, 3.05) is 5.73 Å². The van der Waals surface area contributed by atoms with Crippen LogP contribution in [-0.4, -0.2) is 9.55 Å². The molecule has 0 radical (unpaired) electrons. The molecule has 82 valence electrons. The highest BCUT2D eigenvalue weighted by molar-refractivity contribution is 5.89. The summed E-state index contributed by atoms with van der Waals surface area (Å²) in [5, 5.41) is 0.547. The molecule has 2 N–H and O–H groups in total. The molecular formula is C12H13N3O. The van der Waals surface area contributed by atoms with Gasteiger partial charge in [0.15, 0.2) is 0 Å². The first kappa shape index (κ1) is 9.39. The summed E-state index contributed by atoms with van der Waals surface area (Å²) in [7, 11) is 0. The van der Waals surface area contributed by atoms with Crippen molar-refractivity contribution in [3.8, 4) is 0 Å². The van der Waals surface area contributed by atoms with Crippen LogP contribution in [0.25, 0.3) is 10.9 Å². The fraction of sp³-hybridized carbons (Fsp3) is 0.333. The first-order valence-electron chi connectivity index (χ1n) is 5.49. The van der Waals surface area contributed by atoms with Gasteiger partial charge in [-0.3, -0.25) is 9.36 Å². The third-order valence-corrected chi connectivity index (χ3v) is 3.04. The van der Waals surface area contributed by atoms with Crippen LogP contribution in [0.3, 0.4) is 0 Å². The fourth-order valence-electron chi connectivity index (χ4n) is 1.93. The number of benzene rings is 1. The van der Waals surface area contributed by atoms with Crippen LogP contribution in [0.4, 0.5) is 5.69 Å². The molecule has 0 aliphatic heterocycles. The molecule has 1 aliphatic carbocycles. The van der Waals surface area contributed by atoms with Crippen molar-refractivity contribution in [3.05, 3.63) is 34.9 Å². The molecule has 0 saturated heterocycles. The van der Waals surface area contributed by atoms with Crippen molar-refractivity contribution >= 4 is 16.6 Å². The molecule has 0 spiro atoms. The van der Waals surface area contributed by atoms with E-state index in [9.17, 15) is 4.79 Å². The van der Waals surface area contributed by atoms with E-state index in [2.05, 4.69) is 4.98 Å². The zero-order valence-electron chi connectivity index (χ0n) is 8.89. The number of hydrogen-bond acceptors (Lipinski definition) is 3. The Morgan fingerprint density at radius 2 is 2.25 bits per heavy atom. The van der Waals surface area contributed by atoms with Gasteiger partial charge in [-0.25, -0.2) is 4.98 Å². The Balaban J connectivity index is 2.21. The average molecular weight is 215 g/mol. The Hall–Kier alpha value is -1.84. The lowest BCUT2D eigenvalue weighted by molar-refractivity contribution is 0.602. The quantitative estimate of drug-likeness (QED) is 0.770. The predicted molar refractivity (Wildman–Crippen MR) is 63.1 cm³/mol. The van der Waals surface area contributed by atoms with Crippen LogP contribution in [0.5, 0.6) is 0 Å². The number of aromatic nitrogens is 2. The van der Waals surface area contributed by atoms with Gasteiger partial charge in [0.2, 0.25) is 0 Å². The maximum absolute atomic E-state index is 12.2. The van der Waals surface area contributed by atoms with Gasteiger partial charge in [-0.05, 0) is 30.9 Å². The molecule has 4 nitrogen and oxygen atoms in total. The highest BCUT2D eigenvalue weighted by Crippen LogP contribution is 2.30. The van der Waals surface area contributed by atoms with Crippen LogP contribution >= 0.6 is 0 Å². The number of anilines is 1. The molecule has 0 amide bonds. The lowest BCUT2D eigenvalue weighted by Crippen LogP contribution is -2.22. The van der Waals surface area contributed by atoms with Gasteiger partial charge in [0.05, 0.1) is 17.2 Å². The Morgan fingerprint density at radius 1 is 1.44 bits per heavy atom. The minimum Gasteiger partial charge on any atom is -0.398 e. The van der Waals surface area contributed by atoms with Gasteiger partial charge in [0.25, 0.3) is 5.56 Å². The summed E-state index contributed by atoms with van der Waals surface area (Å²) in [6, 6.07) is 5.37. The molecular weight excluding hydrogens is 202 g/mol. The highest BCUT2D eigenvalue weighted by Gasteiger charge is 2.22. The summed E-state index contributed by atoms with van der Waals surface area (Å²) in [6.45, 7) is 0.774. The van der Waals surface area contributed by atoms with E-state index in [0.29, 0.717) is 22.5 Å². The zero-order chi connectivity index (χ0) is 11.1. The average Bonchev–Trinajstić information content (AvgIpc) is 3.06. The number of fused-ring (bicyclic) bond motifs is 1. The SMILES string of the molecule is Nc1cccc2ncn(CC3CC3)c(=O)c12. The minimum atomic E-state index is -0.0185. The molecule has 1 heterocycles. The first-order chi connectivity index (χ1) is 7.75. The molecule has 0 bridgehead atoms. The molecule has 0 unspecified atom stereocenters. The molecule has 4 heteroatoms. The number of nitrogens with zero attached hydrogens (tertiary/aromatic N) is 2. The van der Waals surface area contributed by atoms with E-state index in [1.807, 2.05) is 12.1 Å². The Morgan fingerprint density at radius 3 is 3.00 bits per heavy atom. The summed E-state index contributed by atoms with van der Waals surface area (Å²) in [4.78, 5) is 16.4. The summed E-state index contributed by atoms with van der Waals surface area (Å²) in [6.07, 6.45) is 4.06. The van der Waals surface area contributed by atoms with Gasteiger partial charge in [-0.1, -0.05) is 6.07 Å². The number of nitrogen functional groups attached to an aromatic ring is 1. The second-order valence-corrected chi connectivity index (χ2v) is 4.39. The maximum atomic E-state index is 12.2. The molecule has 16 heavy (non-hydrogen) atoms. The normalized spacial score (nSPS) is 15.5. The van der Waals surface area contributed by atoms with Crippen molar-refractivity contribution in [2.24, 2.45) is 5.92 Å². The zero-order valence-corrected chi connectivity index (χ0v) is 8.89. The molecule has 2 aromatic rings. The third kappa shape index (κ3) is 1.46. The van der Waals surface area contributed by atoms with Crippen molar-refractivity contribution in [2.45, 2.75) is 19.4 Å².